The lowest BCUT2D eigenvalue weighted by Gasteiger charge is -2.34. The van der Waals surface area contributed by atoms with Gasteiger partial charge < -0.3 is 16.0 Å². The molecule has 1 heterocycles. The fourth-order valence-corrected chi connectivity index (χ4v) is 3.36. The van der Waals surface area contributed by atoms with Gasteiger partial charge in [-0.2, -0.15) is 0 Å². The van der Waals surface area contributed by atoms with Crippen molar-refractivity contribution >= 4 is 11.8 Å². The number of benzene rings is 2. The predicted molar refractivity (Wildman–Crippen MR) is 101 cm³/mol. The summed E-state index contributed by atoms with van der Waals surface area (Å²) in [6, 6.07) is 18.0. The minimum absolute atomic E-state index is 0.0460. The summed E-state index contributed by atoms with van der Waals surface area (Å²) in [6.07, 6.45) is 1.93. The molecule has 136 valence electrons. The van der Waals surface area contributed by atoms with E-state index in [1.807, 2.05) is 53.4 Å². The molecule has 3 N–H and O–H groups in total. The van der Waals surface area contributed by atoms with Gasteiger partial charge in [0.25, 0.3) is 5.91 Å². The molecule has 0 spiro atoms. The summed E-state index contributed by atoms with van der Waals surface area (Å²) in [5.41, 5.74) is 7.64. The second-order valence-corrected chi connectivity index (χ2v) is 6.76. The van der Waals surface area contributed by atoms with E-state index in [-0.39, 0.29) is 17.7 Å². The molecule has 5 heteroatoms. The number of amides is 2. The average Bonchev–Trinajstić information content (AvgIpc) is 2.72. The molecular formula is C21H25N3O2. The molecule has 1 aliphatic rings. The van der Waals surface area contributed by atoms with Gasteiger partial charge in [-0.15, -0.1) is 0 Å². The van der Waals surface area contributed by atoms with Crippen molar-refractivity contribution in [2.45, 2.75) is 18.9 Å². The first-order chi connectivity index (χ1) is 12.6. The van der Waals surface area contributed by atoms with Crippen molar-refractivity contribution in [1.29, 1.82) is 0 Å². The normalized spacial score (nSPS) is 18.2. The molecule has 5 nitrogen and oxygen atoms in total. The molecule has 2 aromatic carbocycles. The Morgan fingerprint density at radius 3 is 2.42 bits per heavy atom. The van der Waals surface area contributed by atoms with E-state index in [2.05, 4.69) is 5.32 Å². The van der Waals surface area contributed by atoms with Crippen LogP contribution in [0.25, 0.3) is 0 Å². The molecule has 0 aromatic heterocycles. The van der Waals surface area contributed by atoms with E-state index < -0.39 is 6.04 Å². The summed E-state index contributed by atoms with van der Waals surface area (Å²) >= 11 is 0. The lowest BCUT2D eigenvalue weighted by Crippen LogP contribution is -2.46. The SMILES string of the molecule is NC(C(=O)N1CCCC(CNC(=O)c2ccccc2)C1)c1ccccc1. The first-order valence-electron chi connectivity index (χ1n) is 9.07. The molecule has 2 atom stereocenters. The maximum Gasteiger partial charge on any atom is 0.251 e. The van der Waals surface area contributed by atoms with E-state index >= 15 is 0 Å². The van der Waals surface area contributed by atoms with Crippen LogP contribution < -0.4 is 11.1 Å². The van der Waals surface area contributed by atoms with Crippen LogP contribution in [0.5, 0.6) is 0 Å². The highest BCUT2D eigenvalue weighted by atomic mass is 16.2. The summed E-state index contributed by atoms with van der Waals surface area (Å²) in [6.45, 7) is 1.93. The van der Waals surface area contributed by atoms with Crippen molar-refractivity contribution in [3.05, 3.63) is 71.8 Å². The summed E-state index contributed by atoms with van der Waals surface area (Å²) in [5.74, 6) is 0.133. The Kier molecular flexibility index (Phi) is 6.02. The number of likely N-dealkylation sites (tertiary alicyclic amines) is 1. The first kappa shape index (κ1) is 18.1. The van der Waals surface area contributed by atoms with E-state index in [9.17, 15) is 9.59 Å². The number of rotatable bonds is 5. The summed E-state index contributed by atoms with van der Waals surface area (Å²) in [5, 5.41) is 2.98. The molecule has 26 heavy (non-hydrogen) atoms. The zero-order valence-corrected chi connectivity index (χ0v) is 14.8. The minimum atomic E-state index is -0.631. The Morgan fingerprint density at radius 1 is 1.08 bits per heavy atom. The van der Waals surface area contributed by atoms with Crippen molar-refractivity contribution in [2.75, 3.05) is 19.6 Å². The highest BCUT2D eigenvalue weighted by Crippen LogP contribution is 2.20. The van der Waals surface area contributed by atoms with E-state index in [0.717, 1.165) is 24.9 Å². The molecule has 2 aromatic rings. The number of carbonyl (C=O) groups is 2. The average molecular weight is 351 g/mol. The van der Waals surface area contributed by atoms with Crippen molar-refractivity contribution in [3.63, 3.8) is 0 Å². The van der Waals surface area contributed by atoms with Crippen molar-refractivity contribution in [2.24, 2.45) is 11.7 Å². The standard InChI is InChI=1S/C21H25N3O2/c22-19(17-9-3-1-4-10-17)21(26)24-13-7-8-16(15-24)14-23-20(25)18-11-5-2-6-12-18/h1-6,9-12,16,19H,7-8,13-15,22H2,(H,23,25). The van der Waals surface area contributed by atoms with Gasteiger partial charge in [0.1, 0.15) is 6.04 Å². The molecule has 0 bridgehead atoms. The Morgan fingerprint density at radius 2 is 1.73 bits per heavy atom. The van der Waals surface area contributed by atoms with Crippen LogP contribution in [0.2, 0.25) is 0 Å². The molecule has 1 saturated heterocycles. The fourth-order valence-electron chi connectivity index (χ4n) is 3.36. The third-order valence-corrected chi connectivity index (χ3v) is 4.84. The van der Waals surface area contributed by atoms with Crippen LogP contribution in [0.4, 0.5) is 0 Å². The lowest BCUT2D eigenvalue weighted by atomic mass is 9.96. The van der Waals surface area contributed by atoms with Crippen LogP contribution in [0.1, 0.15) is 34.8 Å². The quantitative estimate of drug-likeness (QED) is 0.868. The van der Waals surface area contributed by atoms with Crippen LogP contribution in [0.3, 0.4) is 0 Å². The Hall–Kier alpha value is -2.66. The van der Waals surface area contributed by atoms with Crippen LogP contribution in [0, 0.1) is 5.92 Å². The number of nitrogens with two attached hydrogens (primary N) is 1. The topological polar surface area (TPSA) is 75.4 Å². The van der Waals surface area contributed by atoms with Gasteiger partial charge in [-0.25, -0.2) is 0 Å². The Labute approximate surface area is 154 Å². The molecule has 0 aliphatic carbocycles. The molecule has 2 amide bonds. The van der Waals surface area contributed by atoms with Crippen LogP contribution in [-0.2, 0) is 4.79 Å². The second-order valence-electron chi connectivity index (χ2n) is 6.76. The van der Waals surface area contributed by atoms with Crippen molar-refractivity contribution in [3.8, 4) is 0 Å². The molecule has 1 aliphatic heterocycles. The van der Waals surface area contributed by atoms with E-state index in [1.54, 1.807) is 12.1 Å². The molecule has 0 saturated carbocycles. The number of hydrogen-bond donors (Lipinski definition) is 2. The summed E-state index contributed by atoms with van der Waals surface area (Å²) in [7, 11) is 0. The van der Waals surface area contributed by atoms with E-state index in [4.69, 9.17) is 5.73 Å². The maximum absolute atomic E-state index is 12.7. The third-order valence-electron chi connectivity index (χ3n) is 4.84. The number of nitrogens with one attached hydrogen (secondary N) is 1. The smallest absolute Gasteiger partial charge is 0.251 e. The number of nitrogens with zero attached hydrogens (tertiary/aromatic N) is 1. The third kappa shape index (κ3) is 4.49. The largest absolute Gasteiger partial charge is 0.352 e. The van der Waals surface area contributed by atoms with Crippen LogP contribution >= 0.6 is 0 Å². The highest BCUT2D eigenvalue weighted by Gasteiger charge is 2.28. The van der Waals surface area contributed by atoms with E-state index in [0.29, 0.717) is 18.7 Å². The van der Waals surface area contributed by atoms with Gasteiger partial charge in [-0.05, 0) is 36.5 Å². The van der Waals surface area contributed by atoms with Gasteiger partial charge >= 0.3 is 0 Å². The summed E-state index contributed by atoms with van der Waals surface area (Å²) < 4.78 is 0. The number of carbonyl (C=O) groups excluding carboxylic acids is 2. The van der Waals surface area contributed by atoms with Gasteiger partial charge in [-0.1, -0.05) is 48.5 Å². The highest BCUT2D eigenvalue weighted by molar-refractivity contribution is 5.94. The Balaban J connectivity index is 1.54. The van der Waals surface area contributed by atoms with Crippen LogP contribution in [-0.4, -0.2) is 36.3 Å². The van der Waals surface area contributed by atoms with Crippen molar-refractivity contribution < 1.29 is 9.59 Å². The van der Waals surface area contributed by atoms with E-state index in [1.165, 1.54) is 0 Å². The zero-order chi connectivity index (χ0) is 18.4. The monoisotopic (exact) mass is 351 g/mol. The van der Waals surface area contributed by atoms with Crippen LogP contribution in [0.15, 0.2) is 60.7 Å². The van der Waals surface area contributed by atoms with Crippen molar-refractivity contribution in [1.82, 2.24) is 10.2 Å². The fraction of sp³-hybridized carbons (Fsp3) is 0.333. The molecule has 0 radical (unpaired) electrons. The molecule has 2 unspecified atom stereocenters. The summed E-state index contributed by atoms with van der Waals surface area (Å²) in [4.78, 5) is 26.7. The molecule has 1 fully saturated rings. The van der Waals surface area contributed by atoms with Gasteiger partial charge in [0, 0.05) is 25.2 Å². The van der Waals surface area contributed by atoms with Gasteiger partial charge in [-0.3, -0.25) is 9.59 Å². The minimum Gasteiger partial charge on any atom is -0.352 e. The zero-order valence-electron chi connectivity index (χ0n) is 14.8. The molecule has 3 rings (SSSR count). The van der Waals surface area contributed by atoms with Gasteiger partial charge in [0.15, 0.2) is 0 Å². The first-order valence-corrected chi connectivity index (χ1v) is 9.07. The number of piperidine rings is 1. The number of hydrogen-bond acceptors (Lipinski definition) is 3. The predicted octanol–water partition coefficient (Wildman–Crippen LogP) is 2.35. The molecular weight excluding hydrogens is 326 g/mol. The second kappa shape index (κ2) is 8.63. The lowest BCUT2D eigenvalue weighted by molar-refractivity contribution is -0.134. The van der Waals surface area contributed by atoms with Gasteiger partial charge in [0.05, 0.1) is 0 Å². The maximum atomic E-state index is 12.7. The van der Waals surface area contributed by atoms with Gasteiger partial charge in [0.2, 0.25) is 5.91 Å². The Bertz CT molecular complexity index is 733.